The summed E-state index contributed by atoms with van der Waals surface area (Å²) in [6.07, 6.45) is 2.26. The first kappa shape index (κ1) is 19.6. The zero-order valence-electron chi connectivity index (χ0n) is 14.0. The number of non-ortho nitro benzene ring substituents is 1. The Morgan fingerprint density at radius 2 is 2.00 bits per heavy atom. The van der Waals surface area contributed by atoms with Crippen molar-refractivity contribution in [3.63, 3.8) is 0 Å². The van der Waals surface area contributed by atoms with Crippen molar-refractivity contribution in [3.05, 3.63) is 38.9 Å². The van der Waals surface area contributed by atoms with Gasteiger partial charge in [0, 0.05) is 37.8 Å². The molecule has 1 fully saturated rings. The average Bonchev–Trinajstić information content (AvgIpc) is 2.54. The maximum atomic E-state index is 12.6. The number of halogens is 1. The molecule has 0 atom stereocenters. The molecule has 0 aromatic heterocycles. The van der Waals surface area contributed by atoms with E-state index in [-0.39, 0.29) is 28.2 Å². The van der Waals surface area contributed by atoms with Gasteiger partial charge in [0.15, 0.2) is 0 Å². The molecule has 1 aromatic rings. The molecule has 0 N–H and O–H groups in total. The predicted molar refractivity (Wildman–Crippen MR) is 94.3 cm³/mol. The molecule has 8 nitrogen and oxygen atoms in total. The number of carbonyl (C=O) groups is 1. The third-order valence-corrected chi connectivity index (χ3v) is 6.01. The van der Waals surface area contributed by atoms with E-state index >= 15 is 0 Å². The normalized spacial score (nSPS) is 16.2. The van der Waals surface area contributed by atoms with E-state index in [1.807, 2.05) is 0 Å². The van der Waals surface area contributed by atoms with Crippen molar-refractivity contribution < 1.29 is 18.1 Å². The van der Waals surface area contributed by atoms with E-state index in [2.05, 4.69) is 0 Å². The lowest BCUT2D eigenvalue weighted by Crippen LogP contribution is -2.48. The first-order valence-corrected chi connectivity index (χ1v) is 10.1. The Morgan fingerprint density at radius 1 is 1.40 bits per heavy atom. The van der Waals surface area contributed by atoms with Crippen LogP contribution in [0, 0.1) is 10.1 Å². The molecule has 1 saturated heterocycles. The summed E-state index contributed by atoms with van der Waals surface area (Å²) in [6.45, 7) is 2.99. The highest BCUT2D eigenvalue weighted by Gasteiger charge is 2.31. The molecule has 138 valence electrons. The molecule has 0 aliphatic carbocycles. The van der Waals surface area contributed by atoms with Crippen LogP contribution < -0.4 is 0 Å². The molecule has 25 heavy (non-hydrogen) atoms. The number of carbonyl (C=O) groups excluding carboxylic acids is 1. The summed E-state index contributed by atoms with van der Waals surface area (Å²) in [7, 11) is -3.28. The molecule has 0 unspecified atom stereocenters. The number of nitrogens with zero attached hydrogens (tertiary/aromatic N) is 3. The van der Waals surface area contributed by atoms with Crippen LogP contribution in [0.15, 0.2) is 18.2 Å². The standard InChI is InChI=1S/C15H20ClN3O5S/c1-3-18(25(2,23)24)11-6-8-17(9-7-11)15(20)13-5-4-12(19(21)22)10-14(13)16/h4-5,10-11H,3,6-9H2,1-2H3. The summed E-state index contributed by atoms with van der Waals surface area (Å²) in [4.78, 5) is 24.4. The number of nitro groups is 1. The highest BCUT2D eigenvalue weighted by Crippen LogP contribution is 2.26. The number of hydrogen-bond donors (Lipinski definition) is 0. The summed E-state index contributed by atoms with van der Waals surface area (Å²) in [5.74, 6) is -0.305. The van der Waals surface area contributed by atoms with Crippen LogP contribution in [0.25, 0.3) is 0 Å². The van der Waals surface area contributed by atoms with Crippen LogP contribution in [0.1, 0.15) is 30.1 Å². The summed E-state index contributed by atoms with van der Waals surface area (Å²) in [6, 6.07) is 3.62. The molecular formula is C15H20ClN3O5S. The summed E-state index contributed by atoms with van der Waals surface area (Å²) < 4.78 is 25.1. The number of amides is 1. The quantitative estimate of drug-likeness (QED) is 0.567. The lowest BCUT2D eigenvalue weighted by Gasteiger charge is -2.37. The SMILES string of the molecule is CCN(C1CCN(C(=O)c2ccc([N+](=O)[O-])cc2Cl)CC1)S(C)(=O)=O. The zero-order chi connectivity index (χ0) is 18.8. The van der Waals surface area contributed by atoms with Gasteiger partial charge in [-0.2, -0.15) is 4.31 Å². The zero-order valence-corrected chi connectivity index (χ0v) is 15.6. The van der Waals surface area contributed by atoms with Crippen LogP contribution in [0.5, 0.6) is 0 Å². The lowest BCUT2D eigenvalue weighted by atomic mass is 10.0. The van der Waals surface area contributed by atoms with Gasteiger partial charge >= 0.3 is 0 Å². The Morgan fingerprint density at radius 3 is 2.44 bits per heavy atom. The maximum Gasteiger partial charge on any atom is 0.270 e. The molecule has 10 heteroatoms. The van der Waals surface area contributed by atoms with Crippen LogP contribution in [0.3, 0.4) is 0 Å². The molecule has 1 aliphatic heterocycles. The smallest absolute Gasteiger partial charge is 0.270 e. The topological polar surface area (TPSA) is 101 Å². The largest absolute Gasteiger partial charge is 0.338 e. The van der Waals surface area contributed by atoms with Gasteiger partial charge < -0.3 is 4.90 Å². The first-order valence-electron chi connectivity index (χ1n) is 7.85. The minimum atomic E-state index is -3.28. The van der Waals surface area contributed by atoms with E-state index < -0.39 is 14.9 Å². The monoisotopic (exact) mass is 389 g/mol. The summed E-state index contributed by atoms with van der Waals surface area (Å²) in [5, 5.41) is 10.8. The Kier molecular flexibility index (Phi) is 6.02. The number of piperidine rings is 1. The van der Waals surface area contributed by atoms with Gasteiger partial charge in [-0.3, -0.25) is 14.9 Å². The molecule has 1 aromatic carbocycles. The van der Waals surface area contributed by atoms with E-state index in [9.17, 15) is 23.3 Å². The minimum absolute atomic E-state index is 0.0349. The second kappa shape index (κ2) is 7.67. The molecule has 0 saturated carbocycles. The van der Waals surface area contributed by atoms with Crippen molar-refractivity contribution in [2.24, 2.45) is 0 Å². The third kappa shape index (κ3) is 4.47. The summed E-state index contributed by atoms with van der Waals surface area (Å²) in [5.41, 5.74) is 0.0353. The number of nitro benzene ring substituents is 1. The molecular weight excluding hydrogens is 370 g/mol. The third-order valence-electron chi connectivity index (χ3n) is 4.29. The number of benzene rings is 1. The number of likely N-dealkylation sites (tertiary alicyclic amines) is 1. The lowest BCUT2D eigenvalue weighted by molar-refractivity contribution is -0.384. The first-order chi connectivity index (χ1) is 11.6. The average molecular weight is 390 g/mol. The van der Waals surface area contributed by atoms with Gasteiger partial charge in [-0.1, -0.05) is 18.5 Å². The molecule has 0 bridgehead atoms. The van der Waals surface area contributed by atoms with Crippen molar-refractivity contribution in [1.82, 2.24) is 9.21 Å². The maximum absolute atomic E-state index is 12.6. The Bertz CT molecular complexity index is 775. The van der Waals surface area contributed by atoms with E-state index in [4.69, 9.17) is 11.6 Å². The van der Waals surface area contributed by atoms with Gasteiger partial charge in [0.25, 0.3) is 11.6 Å². The van der Waals surface area contributed by atoms with Crippen LogP contribution in [0.4, 0.5) is 5.69 Å². The van der Waals surface area contributed by atoms with Gasteiger partial charge in [-0.05, 0) is 18.9 Å². The second-order valence-electron chi connectivity index (χ2n) is 5.91. The fraction of sp³-hybridized carbons (Fsp3) is 0.533. The molecule has 0 radical (unpaired) electrons. The van der Waals surface area contributed by atoms with Crippen LogP contribution in [-0.2, 0) is 10.0 Å². The second-order valence-corrected chi connectivity index (χ2v) is 8.25. The number of sulfonamides is 1. The number of rotatable bonds is 5. The Labute approximate surface area is 151 Å². The Balaban J connectivity index is 2.08. The van der Waals surface area contributed by atoms with Gasteiger partial charge in [-0.15, -0.1) is 0 Å². The Hall–Kier alpha value is -1.71. The molecule has 2 rings (SSSR count). The van der Waals surface area contributed by atoms with Crippen LogP contribution in [0.2, 0.25) is 5.02 Å². The van der Waals surface area contributed by atoms with Crippen molar-refractivity contribution in [3.8, 4) is 0 Å². The fourth-order valence-corrected chi connectivity index (χ4v) is 4.56. The molecule has 1 aliphatic rings. The van der Waals surface area contributed by atoms with Crippen molar-refractivity contribution in [1.29, 1.82) is 0 Å². The van der Waals surface area contributed by atoms with E-state index in [0.717, 1.165) is 6.07 Å². The number of hydrogen-bond acceptors (Lipinski definition) is 5. The van der Waals surface area contributed by atoms with Gasteiger partial charge in [0.1, 0.15) is 0 Å². The van der Waals surface area contributed by atoms with Gasteiger partial charge in [0.2, 0.25) is 10.0 Å². The fourth-order valence-electron chi connectivity index (χ4n) is 3.08. The van der Waals surface area contributed by atoms with Gasteiger partial charge in [0.05, 0.1) is 21.8 Å². The highest BCUT2D eigenvalue weighted by molar-refractivity contribution is 7.88. The minimum Gasteiger partial charge on any atom is -0.338 e. The van der Waals surface area contributed by atoms with E-state index in [0.29, 0.717) is 32.5 Å². The van der Waals surface area contributed by atoms with Crippen molar-refractivity contribution in [2.75, 3.05) is 25.9 Å². The predicted octanol–water partition coefficient (Wildman–Crippen LogP) is 2.13. The van der Waals surface area contributed by atoms with Crippen LogP contribution >= 0.6 is 11.6 Å². The van der Waals surface area contributed by atoms with E-state index in [1.54, 1.807) is 11.8 Å². The van der Waals surface area contributed by atoms with Crippen LogP contribution in [-0.4, -0.2) is 60.4 Å². The summed E-state index contributed by atoms with van der Waals surface area (Å²) >= 11 is 6.01. The van der Waals surface area contributed by atoms with Crippen molar-refractivity contribution in [2.45, 2.75) is 25.8 Å². The molecule has 0 spiro atoms. The molecule has 1 heterocycles. The van der Waals surface area contributed by atoms with Gasteiger partial charge in [-0.25, -0.2) is 8.42 Å². The van der Waals surface area contributed by atoms with E-state index in [1.165, 1.54) is 22.7 Å². The van der Waals surface area contributed by atoms with Crippen molar-refractivity contribution >= 4 is 33.2 Å². The highest BCUT2D eigenvalue weighted by atomic mass is 35.5. The molecule has 1 amide bonds.